The smallest absolute Gasteiger partial charge is 0.356 e. The lowest BCUT2D eigenvalue weighted by Crippen LogP contribution is -2.10. The van der Waals surface area contributed by atoms with E-state index in [0.717, 1.165) is 5.01 Å². The van der Waals surface area contributed by atoms with Crippen LogP contribution in [-0.4, -0.2) is 25.7 Å². The van der Waals surface area contributed by atoms with Gasteiger partial charge in [-0.3, -0.25) is 0 Å². The van der Waals surface area contributed by atoms with Crippen molar-refractivity contribution in [2.45, 2.75) is 26.2 Å². The number of carbonyl (C=O) groups is 1. The molecule has 0 amide bonds. The van der Waals surface area contributed by atoms with Gasteiger partial charge in [-0.25, -0.2) is 14.3 Å². The molecule has 2 heterocycles. The minimum Gasteiger partial charge on any atom is -0.476 e. The SMILES string of the molecule is CC(C)(C)c1nn2cc(C(=O)O)nc2s1. The molecular formula is C9H11N3O2S. The minimum absolute atomic E-state index is 0.0330. The highest BCUT2D eigenvalue weighted by atomic mass is 32.1. The van der Waals surface area contributed by atoms with Crippen molar-refractivity contribution in [2.75, 3.05) is 0 Å². The second kappa shape index (κ2) is 3.03. The van der Waals surface area contributed by atoms with E-state index in [4.69, 9.17) is 5.11 Å². The topological polar surface area (TPSA) is 67.5 Å². The van der Waals surface area contributed by atoms with Crippen molar-refractivity contribution in [3.05, 3.63) is 16.9 Å². The molecule has 0 unspecified atom stereocenters. The van der Waals surface area contributed by atoms with Crippen LogP contribution in [0.15, 0.2) is 6.20 Å². The van der Waals surface area contributed by atoms with Gasteiger partial charge in [0.1, 0.15) is 5.01 Å². The Hall–Kier alpha value is -1.43. The number of hydrogen-bond acceptors (Lipinski definition) is 4. The van der Waals surface area contributed by atoms with Crippen molar-refractivity contribution < 1.29 is 9.90 Å². The molecule has 0 fully saturated rings. The fraction of sp³-hybridized carbons (Fsp3) is 0.444. The highest BCUT2D eigenvalue weighted by Gasteiger charge is 2.21. The fourth-order valence-corrected chi connectivity index (χ4v) is 2.05. The van der Waals surface area contributed by atoms with E-state index in [2.05, 4.69) is 30.9 Å². The molecule has 0 saturated carbocycles. The van der Waals surface area contributed by atoms with Crippen LogP contribution in [0.25, 0.3) is 4.96 Å². The van der Waals surface area contributed by atoms with Crippen LogP contribution in [-0.2, 0) is 5.41 Å². The molecule has 5 nitrogen and oxygen atoms in total. The van der Waals surface area contributed by atoms with Gasteiger partial charge in [0.05, 0.1) is 6.20 Å². The summed E-state index contributed by atoms with van der Waals surface area (Å²) in [6.07, 6.45) is 1.43. The Morgan fingerprint density at radius 2 is 2.20 bits per heavy atom. The third-order valence-corrected chi connectivity index (χ3v) is 3.25. The van der Waals surface area contributed by atoms with Gasteiger partial charge in [0.15, 0.2) is 5.69 Å². The van der Waals surface area contributed by atoms with Crippen molar-refractivity contribution in [3.8, 4) is 0 Å². The van der Waals surface area contributed by atoms with Crippen LogP contribution in [0.2, 0.25) is 0 Å². The molecule has 0 bridgehead atoms. The molecule has 6 heteroatoms. The van der Waals surface area contributed by atoms with E-state index in [1.165, 1.54) is 22.0 Å². The van der Waals surface area contributed by atoms with E-state index < -0.39 is 5.97 Å². The maximum Gasteiger partial charge on any atom is 0.356 e. The Balaban J connectivity index is 2.52. The van der Waals surface area contributed by atoms with Gasteiger partial charge in [0.2, 0.25) is 4.96 Å². The lowest BCUT2D eigenvalue weighted by atomic mass is 9.98. The first kappa shape index (κ1) is 10.1. The number of rotatable bonds is 1. The Kier molecular flexibility index (Phi) is 2.04. The monoisotopic (exact) mass is 225 g/mol. The molecule has 1 N–H and O–H groups in total. The third kappa shape index (κ3) is 1.72. The Labute approximate surface area is 90.4 Å². The molecule has 0 aromatic carbocycles. The number of imidazole rings is 1. The van der Waals surface area contributed by atoms with Crippen molar-refractivity contribution in [1.82, 2.24) is 14.6 Å². The number of aromatic nitrogens is 3. The van der Waals surface area contributed by atoms with Gasteiger partial charge >= 0.3 is 5.97 Å². The quantitative estimate of drug-likeness (QED) is 0.803. The number of aromatic carboxylic acids is 1. The van der Waals surface area contributed by atoms with E-state index in [9.17, 15) is 4.79 Å². The predicted octanol–water partition coefficient (Wildman–Crippen LogP) is 1.79. The zero-order valence-electron chi connectivity index (χ0n) is 8.68. The molecule has 0 saturated heterocycles. The second-order valence-electron chi connectivity index (χ2n) is 4.32. The largest absolute Gasteiger partial charge is 0.476 e. The lowest BCUT2D eigenvalue weighted by molar-refractivity contribution is 0.0691. The average molecular weight is 225 g/mol. The molecule has 80 valence electrons. The standard InChI is InChI=1S/C9H11N3O2S/c1-9(2,3)7-11-12-4-5(6(13)14)10-8(12)15-7/h4H,1-3H3,(H,13,14). The maximum atomic E-state index is 10.7. The van der Waals surface area contributed by atoms with E-state index in [1.807, 2.05) is 0 Å². The molecule has 2 rings (SSSR count). The van der Waals surface area contributed by atoms with Crippen molar-refractivity contribution in [3.63, 3.8) is 0 Å². The predicted molar refractivity (Wildman–Crippen MR) is 56.5 cm³/mol. The van der Waals surface area contributed by atoms with Gasteiger partial charge < -0.3 is 5.11 Å². The van der Waals surface area contributed by atoms with Crippen LogP contribution in [0, 0.1) is 0 Å². The first-order valence-corrected chi connectivity index (χ1v) is 5.29. The van der Waals surface area contributed by atoms with Crippen LogP contribution in [0.3, 0.4) is 0 Å². The maximum absolute atomic E-state index is 10.7. The van der Waals surface area contributed by atoms with Gasteiger partial charge in [0.25, 0.3) is 0 Å². The van der Waals surface area contributed by atoms with Gasteiger partial charge in [-0.1, -0.05) is 32.1 Å². The van der Waals surface area contributed by atoms with Crippen molar-refractivity contribution in [1.29, 1.82) is 0 Å². The highest BCUT2D eigenvalue weighted by Crippen LogP contribution is 2.26. The molecule has 0 aliphatic heterocycles. The summed E-state index contributed by atoms with van der Waals surface area (Å²) in [6.45, 7) is 6.18. The number of hydrogen-bond donors (Lipinski definition) is 1. The first-order chi connectivity index (χ1) is 6.88. The van der Waals surface area contributed by atoms with Crippen LogP contribution in [0.4, 0.5) is 0 Å². The summed E-state index contributed by atoms with van der Waals surface area (Å²) in [5.74, 6) is -1.02. The van der Waals surface area contributed by atoms with Gasteiger partial charge in [-0.2, -0.15) is 5.10 Å². The van der Waals surface area contributed by atoms with Gasteiger partial charge in [-0.05, 0) is 0 Å². The van der Waals surface area contributed by atoms with E-state index >= 15 is 0 Å². The molecule has 15 heavy (non-hydrogen) atoms. The molecule has 0 aliphatic rings. The molecule has 0 radical (unpaired) electrons. The molecule has 0 atom stereocenters. The summed E-state index contributed by atoms with van der Waals surface area (Å²) >= 11 is 1.42. The van der Waals surface area contributed by atoms with Crippen LogP contribution < -0.4 is 0 Å². The summed E-state index contributed by atoms with van der Waals surface area (Å²) in [6, 6.07) is 0. The fourth-order valence-electron chi connectivity index (χ4n) is 1.11. The zero-order chi connectivity index (χ0) is 11.2. The molecular weight excluding hydrogens is 214 g/mol. The number of carboxylic acid groups (broad SMARTS) is 1. The summed E-state index contributed by atoms with van der Waals surface area (Å²) in [7, 11) is 0. The Bertz CT molecular complexity index is 489. The number of nitrogens with zero attached hydrogens (tertiary/aromatic N) is 3. The second-order valence-corrected chi connectivity index (χ2v) is 5.27. The van der Waals surface area contributed by atoms with Gasteiger partial charge in [-0.15, -0.1) is 0 Å². The number of fused-ring (bicyclic) bond motifs is 1. The van der Waals surface area contributed by atoms with E-state index in [-0.39, 0.29) is 11.1 Å². The van der Waals surface area contributed by atoms with Crippen molar-refractivity contribution in [2.24, 2.45) is 0 Å². The number of carboxylic acids is 1. The summed E-state index contributed by atoms with van der Waals surface area (Å²) in [5.41, 5.74) is 0.00332. The van der Waals surface area contributed by atoms with E-state index in [1.54, 1.807) is 0 Å². The third-order valence-electron chi connectivity index (χ3n) is 1.90. The first-order valence-electron chi connectivity index (χ1n) is 4.48. The highest BCUT2D eigenvalue weighted by molar-refractivity contribution is 7.16. The molecule has 2 aromatic heterocycles. The summed E-state index contributed by atoms with van der Waals surface area (Å²) in [4.78, 5) is 15.2. The Morgan fingerprint density at radius 3 is 2.67 bits per heavy atom. The van der Waals surface area contributed by atoms with Crippen LogP contribution >= 0.6 is 11.3 Å². The summed E-state index contributed by atoms with van der Waals surface area (Å²) < 4.78 is 1.52. The van der Waals surface area contributed by atoms with Crippen LogP contribution in [0.1, 0.15) is 36.3 Å². The summed E-state index contributed by atoms with van der Waals surface area (Å²) in [5, 5.41) is 14.0. The lowest BCUT2D eigenvalue weighted by Gasteiger charge is -2.12. The normalized spacial score (nSPS) is 12.2. The molecule has 0 aliphatic carbocycles. The molecule has 0 spiro atoms. The Morgan fingerprint density at radius 1 is 1.53 bits per heavy atom. The average Bonchev–Trinajstić information content (AvgIpc) is 2.55. The van der Waals surface area contributed by atoms with Gasteiger partial charge in [0, 0.05) is 5.41 Å². The van der Waals surface area contributed by atoms with Crippen molar-refractivity contribution >= 4 is 22.3 Å². The molecule has 2 aromatic rings. The zero-order valence-corrected chi connectivity index (χ0v) is 9.50. The van der Waals surface area contributed by atoms with Crippen LogP contribution in [0.5, 0.6) is 0 Å². The minimum atomic E-state index is -1.02. The van der Waals surface area contributed by atoms with E-state index in [0.29, 0.717) is 4.96 Å².